The summed E-state index contributed by atoms with van der Waals surface area (Å²) in [4.78, 5) is 0. The molecule has 1 heteroatoms. The third-order valence-corrected chi connectivity index (χ3v) is 8.18. The van der Waals surface area contributed by atoms with Crippen molar-refractivity contribution in [3.05, 3.63) is 22.8 Å². The minimum Gasteiger partial charge on any atom is -0.0630 e. The van der Waals surface area contributed by atoms with Gasteiger partial charge in [-0.25, -0.2) is 0 Å². The van der Waals surface area contributed by atoms with Crippen LogP contribution in [0.4, 0.5) is 0 Å². The molecular weight excluding hydrogens is 232 g/mol. The zero-order valence-electron chi connectivity index (χ0n) is 13.1. The summed E-state index contributed by atoms with van der Waals surface area (Å²) in [5.41, 5.74) is 6.56. The Morgan fingerprint density at radius 1 is 1.22 bits per heavy atom. The van der Waals surface area contributed by atoms with E-state index in [2.05, 4.69) is 40.7 Å². The van der Waals surface area contributed by atoms with Crippen molar-refractivity contribution in [2.45, 2.75) is 65.8 Å². The van der Waals surface area contributed by atoms with Crippen molar-refractivity contribution in [1.82, 2.24) is 0 Å². The predicted octanol–water partition coefficient (Wildman–Crippen LogP) is 4.27. The minimum absolute atomic E-state index is 0.459. The maximum Gasteiger partial charge on any atom is 0.0126 e. The molecule has 2 aliphatic carbocycles. The van der Waals surface area contributed by atoms with Gasteiger partial charge in [0.1, 0.15) is 0 Å². The van der Waals surface area contributed by atoms with Gasteiger partial charge in [-0.3, -0.25) is 0 Å². The van der Waals surface area contributed by atoms with Crippen LogP contribution in [0, 0.1) is 17.3 Å². The molecule has 18 heavy (non-hydrogen) atoms. The third-order valence-electron chi connectivity index (χ3n) is 6.02. The lowest BCUT2D eigenvalue weighted by Crippen LogP contribution is -2.28. The molecule has 0 spiro atoms. The average Bonchev–Trinajstić information content (AvgIpc) is 2.66. The van der Waals surface area contributed by atoms with E-state index in [1.54, 1.807) is 16.7 Å². The second-order valence-corrected chi connectivity index (χ2v) is 8.48. The summed E-state index contributed by atoms with van der Waals surface area (Å²) in [5.74, 6) is 1.52. The Kier molecular flexibility index (Phi) is 3.92. The fourth-order valence-corrected chi connectivity index (χ4v) is 4.90. The van der Waals surface area contributed by atoms with Crippen molar-refractivity contribution in [2.75, 3.05) is 0 Å². The van der Waals surface area contributed by atoms with Crippen molar-refractivity contribution in [3.8, 4) is 0 Å². The molecule has 0 bridgehead atoms. The van der Waals surface area contributed by atoms with E-state index in [4.69, 9.17) is 0 Å². The van der Waals surface area contributed by atoms with Crippen molar-refractivity contribution in [1.29, 1.82) is 0 Å². The topological polar surface area (TPSA) is 0 Å². The molecule has 0 aliphatic heterocycles. The second kappa shape index (κ2) is 5.00. The van der Waals surface area contributed by atoms with Crippen LogP contribution in [-0.2, 0) is 0 Å². The van der Waals surface area contributed by atoms with Gasteiger partial charge in [0.05, 0.1) is 0 Å². The molecule has 0 radical (unpaired) electrons. The molecule has 0 saturated heterocycles. The quantitative estimate of drug-likeness (QED) is 0.666. The third kappa shape index (κ3) is 2.26. The van der Waals surface area contributed by atoms with Crippen LogP contribution in [0.2, 0.25) is 5.54 Å². The first-order valence-corrected chi connectivity index (χ1v) is 8.94. The molecule has 102 valence electrons. The molecular formula is C17H30Si. The van der Waals surface area contributed by atoms with Crippen LogP contribution in [0.5, 0.6) is 0 Å². The molecule has 2 atom stereocenters. The summed E-state index contributed by atoms with van der Waals surface area (Å²) in [5, 5.41) is 0. The van der Waals surface area contributed by atoms with Gasteiger partial charge in [-0.2, -0.15) is 0 Å². The number of allylic oxidation sites excluding steroid dienone is 4. The van der Waals surface area contributed by atoms with Crippen LogP contribution in [-0.4, -0.2) is 10.2 Å². The SMILES string of the molecule is CC1C(C([SiH3])C(C)(C)C(C)C)=CC2=C1CCCC2. The molecule has 2 aliphatic rings. The van der Waals surface area contributed by atoms with E-state index in [1.165, 1.54) is 35.9 Å². The summed E-state index contributed by atoms with van der Waals surface area (Å²) in [6.45, 7) is 12.2. The molecule has 0 aromatic heterocycles. The Bertz CT molecular complexity index is 384. The molecule has 0 fully saturated rings. The zero-order valence-corrected chi connectivity index (χ0v) is 15.1. The summed E-state index contributed by atoms with van der Waals surface area (Å²) in [6, 6.07) is 0. The van der Waals surface area contributed by atoms with E-state index in [0.717, 1.165) is 17.4 Å². The van der Waals surface area contributed by atoms with Gasteiger partial charge in [-0.1, -0.05) is 51.8 Å². The zero-order chi connectivity index (χ0) is 13.5. The van der Waals surface area contributed by atoms with E-state index in [9.17, 15) is 0 Å². The Hall–Kier alpha value is -0.303. The minimum atomic E-state index is 0.459. The van der Waals surface area contributed by atoms with Crippen molar-refractivity contribution in [3.63, 3.8) is 0 Å². The molecule has 0 aromatic rings. The van der Waals surface area contributed by atoms with E-state index in [0.29, 0.717) is 5.41 Å². The normalized spacial score (nSPS) is 26.6. The largest absolute Gasteiger partial charge is 0.0630 e. The summed E-state index contributed by atoms with van der Waals surface area (Å²) in [7, 11) is 1.29. The van der Waals surface area contributed by atoms with E-state index in [-0.39, 0.29) is 0 Å². The standard InChI is InChI=1S/C17H30Si/c1-11(2)17(4,5)16(18)15-10-13-8-6-7-9-14(13)12(15)3/h10-12,16H,6-9H2,1-5,18H3. The lowest BCUT2D eigenvalue weighted by molar-refractivity contribution is 0.244. The Morgan fingerprint density at radius 3 is 2.39 bits per heavy atom. The Labute approximate surface area is 116 Å². The summed E-state index contributed by atoms with van der Waals surface area (Å²) in [6.07, 6.45) is 8.14. The van der Waals surface area contributed by atoms with Gasteiger partial charge in [0.25, 0.3) is 0 Å². The molecule has 0 amide bonds. The first-order chi connectivity index (χ1) is 8.35. The van der Waals surface area contributed by atoms with Gasteiger partial charge in [0, 0.05) is 10.2 Å². The van der Waals surface area contributed by atoms with Gasteiger partial charge in [-0.15, -0.1) is 0 Å². The van der Waals surface area contributed by atoms with Crippen molar-refractivity contribution in [2.24, 2.45) is 17.3 Å². The lowest BCUT2D eigenvalue weighted by atomic mass is 9.73. The highest BCUT2D eigenvalue weighted by atomic mass is 28.1. The van der Waals surface area contributed by atoms with Crippen molar-refractivity contribution >= 4 is 10.2 Å². The molecule has 0 N–H and O–H groups in total. The number of hydrogen-bond acceptors (Lipinski definition) is 0. The first-order valence-electron chi connectivity index (χ1n) is 7.79. The fraction of sp³-hybridized carbons (Fsp3) is 0.765. The second-order valence-electron chi connectivity index (χ2n) is 7.32. The van der Waals surface area contributed by atoms with Crippen molar-refractivity contribution < 1.29 is 0 Å². The molecule has 0 nitrogen and oxygen atoms in total. The van der Waals surface area contributed by atoms with Crippen LogP contribution in [0.1, 0.15) is 60.3 Å². The van der Waals surface area contributed by atoms with E-state index >= 15 is 0 Å². The fourth-order valence-electron chi connectivity index (χ4n) is 3.57. The summed E-state index contributed by atoms with van der Waals surface area (Å²) >= 11 is 0. The monoisotopic (exact) mass is 262 g/mol. The van der Waals surface area contributed by atoms with E-state index in [1.807, 2.05) is 0 Å². The first kappa shape index (κ1) is 14.1. The molecule has 0 aromatic carbocycles. The Balaban J connectivity index is 2.22. The van der Waals surface area contributed by atoms with Gasteiger partial charge in [0.15, 0.2) is 0 Å². The van der Waals surface area contributed by atoms with Gasteiger partial charge >= 0.3 is 0 Å². The molecule has 0 saturated carbocycles. The predicted molar refractivity (Wildman–Crippen MR) is 85.0 cm³/mol. The molecule has 0 heterocycles. The van der Waals surface area contributed by atoms with Gasteiger partial charge in [0.2, 0.25) is 0 Å². The van der Waals surface area contributed by atoms with Crippen LogP contribution in [0.25, 0.3) is 0 Å². The van der Waals surface area contributed by atoms with Crippen LogP contribution >= 0.6 is 0 Å². The highest BCUT2D eigenvalue weighted by Crippen LogP contribution is 2.50. The average molecular weight is 263 g/mol. The van der Waals surface area contributed by atoms with Crippen LogP contribution in [0.3, 0.4) is 0 Å². The molecule has 2 rings (SSSR count). The van der Waals surface area contributed by atoms with Crippen LogP contribution < -0.4 is 0 Å². The Morgan fingerprint density at radius 2 is 1.83 bits per heavy atom. The maximum atomic E-state index is 2.60. The highest BCUT2D eigenvalue weighted by molar-refractivity contribution is 6.14. The smallest absolute Gasteiger partial charge is 0.0126 e. The number of hydrogen-bond donors (Lipinski definition) is 0. The highest BCUT2D eigenvalue weighted by Gasteiger charge is 2.36. The maximum absolute atomic E-state index is 2.60. The van der Waals surface area contributed by atoms with Crippen LogP contribution in [0.15, 0.2) is 22.8 Å². The van der Waals surface area contributed by atoms with Gasteiger partial charge < -0.3 is 0 Å². The molecule has 2 unspecified atom stereocenters. The van der Waals surface area contributed by atoms with E-state index < -0.39 is 0 Å². The number of rotatable bonds is 3. The van der Waals surface area contributed by atoms with Gasteiger partial charge in [-0.05, 0) is 54.0 Å². The lowest BCUT2D eigenvalue weighted by Gasteiger charge is -2.38. The summed E-state index contributed by atoms with van der Waals surface area (Å²) < 4.78 is 0.